The molecule has 15 heavy (non-hydrogen) atoms. The Bertz CT molecular complexity index is 476. The lowest BCUT2D eigenvalue weighted by atomic mass is 10.3. The molecule has 1 aromatic heterocycles. The van der Waals surface area contributed by atoms with E-state index < -0.39 is 0 Å². The Balaban J connectivity index is 2.47. The highest BCUT2D eigenvalue weighted by Crippen LogP contribution is 2.20. The molecular weight excluding hydrogens is 254 g/mol. The van der Waals surface area contributed by atoms with Crippen molar-refractivity contribution in [3.63, 3.8) is 0 Å². The Morgan fingerprint density at radius 1 is 1.40 bits per heavy atom. The number of halogens is 1. The summed E-state index contributed by atoms with van der Waals surface area (Å²) in [5, 5.41) is 5.69. The van der Waals surface area contributed by atoms with Crippen molar-refractivity contribution in [2.45, 2.75) is 13.1 Å². The summed E-state index contributed by atoms with van der Waals surface area (Å²) in [7, 11) is 4.10. The minimum absolute atomic E-state index is 0.274. The van der Waals surface area contributed by atoms with Gasteiger partial charge in [-0.3, -0.25) is 9.58 Å². The molecule has 0 aliphatic rings. The smallest absolute Gasteiger partial charge is 0.100 e. The fraction of sp³-hybridized carbons (Fsp3) is 0.364. The maximum atomic E-state index is 4.53. The lowest BCUT2D eigenvalue weighted by Gasteiger charge is -2.19. The number of benzene rings is 1. The van der Waals surface area contributed by atoms with Crippen LogP contribution < -0.4 is 0 Å². The predicted octanol–water partition coefficient (Wildman–Crippen LogP) is 2.88. The molecule has 4 heteroatoms. The van der Waals surface area contributed by atoms with Crippen LogP contribution in [0.3, 0.4) is 0 Å². The average molecular weight is 268 g/mol. The van der Waals surface area contributed by atoms with Crippen LogP contribution in [0.1, 0.15) is 13.1 Å². The summed E-state index contributed by atoms with van der Waals surface area (Å²) in [4.78, 5) is 2.13. The summed E-state index contributed by atoms with van der Waals surface area (Å²) >= 11 is 3.46. The highest BCUT2D eigenvalue weighted by atomic mass is 79.9. The molecule has 0 spiro atoms. The van der Waals surface area contributed by atoms with Gasteiger partial charge in [-0.15, -0.1) is 0 Å². The van der Waals surface area contributed by atoms with Crippen molar-refractivity contribution in [3.05, 3.63) is 28.9 Å². The van der Waals surface area contributed by atoms with E-state index in [4.69, 9.17) is 0 Å². The Kier molecular flexibility index (Phi) is 2.80. The van der Waals surface area contributed by atoms with Gasteiger partial charge in [0.05, 0.1) is 5.52 Å². The maximum absolute atomic E-state index is 4.53. The second-order valence-corrected chi connectivity index (χ2v) is 4.82. The molecule has 0 saturated carbocycles. The summed E-state index contributed by atoms with van der Waals surface area (Å²) in [5.41, 5.74) is 1.03. The number of rotatable bonds is 2. The highest BCUT2D eigenvalue weighted by molar-refractivity contribution is 9.10. The van der Waals surface area contributed by atoms with Crippen LogP contribution in [0, 0.1) is 0 Å². The van der Waals surface area contributed by atoms with E-state index in [0.29, 0.717) is 0 Å². The number of aromatic nitrogens is 2. The molecular formula is C11H14BrN3. The first-order chi connectivity index (χ1) is 7.08. The van der Waals surface area contributed by atoms with Crippen molar-refractivity contribution in [1.82, 2.24) is 14.7 Å². The molecule has 1 heterocycles. The van der Waals surface area contributed by atoms with Gasteiger partial charge in [0.2, 0.25) is 0 Å². The first-order valence-electron chi connectivity index (χ1n) is 4.89. The lowest BCUT2D eigenvalue weighted by molar-refractivity contribution is 0.222. The molecule has 0 N–H and O–H groups in total. The van der Waals surface area contributed by atoms with Gasteiger partial charge in [0, 0.05) is 16.1 Å². The first kappa shape index (κ1) is 10.6. The Morgan fingerprint density at radius 2 is 2.13 bits per heavy atom. The van der Waals surface area contributed by atoms with E-state index in [9.17, 15) is 0 Å². The van der Waals surface area contributed by atoms with Crippen LogP contribution in [0.15, 0.2) is 28.9 Å². The van der Waals surface area contributed by atoms with E-state index in [1.165, 1.54) is 0 Å². The Labute approximate surface area is 97.8 Å². The van der Waals surface area contributed by atoms with Gasteiger partial charge in [-0.25, -0.2) is 0 Å². The quantitative estimate of drug-likeness (QED) is 0.835. The van der Waals surface area contributed by atoms with Gasteiger partial charge in [0.15, 0.2) is 0 Å². The zero-order valence-electron chi connectivity index (χ0n) is 9.11. The normalized spacial score (nSPS) is 13.7. The molecule has 0 saturated heterocycles. The van der Waals surface area contributed by atoms with Gasteiger partial charge in [0.25, 0.3) is 0 Å². The predicted molar refractivity (Wildman–Crippen MR) is 65.8 cm³/mol. The third-order valence-corrected chi connectivity index (χ3v) is 3.11. The topological polar surface area (TPSA) is 21.1 Å². The van der Waals surface area contributed by atoms with Crippen LogP contribution in [0.25, 0.3) is 10.9 Å². The van der Waals surface area contributed by atoms with Crippen LogP contribution in [-0.4, -0.2) is 28.8 Å². The Hall–Kier alpha value is -0.870. The molecule has 1 unspecified atom stereocenters. The second-order valence-electron chi connectivity index (χ2n) is 3.91. The van der Waals surface area contributed by atoms with Crippen LogP contribution in [0.5, 0.6) is 0 Å². The molecule has 0 amide bonds. The molecule has 2 rings (SSSR count). The SMILES string of the molecule is CC(N(C)C)n1cc2cc(Br)ccc2n1. The van der Waals surface area contributed by atoms with E-state index in [1.54, 1.807) is 0 Å². The van der Waals surface area contributed by atoms with Crippen molar-refractivity contribution >= 4 is 26.8 Å². The standard InChI is InChI=1S/C11H14BrN3/c1-8(14(2)3)15-7-9-6-10(12)4-5-11(9)13-15/h4-8H,1-3H3. The summed E-state index contributed by atoms with van der Waals surface area (Å²) in [6.45, 7) is 2.13. The molecule has 0 fully saturated rings. The van der Waals surface area contributed by atoms with Crippen molar-refractivity contribution < 1.29 is 0 Å². The molecule has 0 aliphatic heterocycles. The first-order valence-corrected chi connectivity index (χ1v) is 5.68. The van der Waals surface area contributed by atoms with Gasteiger partial charge in [-0.1, -0.05) is 15.9 Å². The zero-order valence-corrected chi connectivity index (χ0v) is 10.7. The van der Waals surface area contributed by atoms with Crippen LogP contribution in [-0.2, 0) is 0 Å². The van der Waals surface area contributed by atoms with Crippen molar-refractivity contribution in [2.75, 3.05) is 14.1 Å². The van der Waals surface area contributed by atoms with Crippen molar-refractivity contribution in [3.8, 4) is 0 Å². The average Bonchev–Trinajstić information content (AvgIpc) is 2.58. The van der Waals surface area contributed by atoms with E-state index >= 15 is 0 Å². The third kappa shape index (κ3) is 2.06. The molecule has 1 atom stereocenters. The van der Waals surface area contributed by atoms with Gasteiger partial charge in [-0.05, 0) is 39.2 Å². The number of hydrogen-bond donors (Lipinski definition) is 0. The molecule has 80 valence electrons. The van der Waals surface area contributed by atoms with Gasteiger partial charge in [-0.2, -0.15) is 5.10 Å². The number of nitrogens with zero attached hydrogens (tertiary/aromatic N) is 3. The maximum Gasteiger partial charge on any atom is 0.100 e. The third-order valence-electron chi connectivity index (χ3n) is 2.61. The lowest BCUT2D eigenvalue weighted by Crippen LogP contribution is -2.23. The molecule has 0 bridgehead atoms. The molecule has 3 nitrogen and oxygen atoms in total. The summed E-state index contributed by atoms with van der Waals surface area (Å²) in [5.74, 6) is 0. The van der Waals surface area contributed by atoms with Gasteiger partial charge < -0.3 is 0 Å². The van der Waals surface area contributed by atoms with E-state index in [2.05, 4.69) is 45.1 Å². The minimum Gasteiger partial charge on any atom is -0.288 e. The van der Waals surface area contributed by atoms with Crippen LogP contribution in [0.4, 0.5) is 0 Å². The highest BCUT2D eigenvalue weighted by Gasteiger charge is 2.09. The van der Waals surface area contributed by atoms with Gasteiger partial charge in [0.1, 0.15) is 6.17 Å². The molecule has 2 aromatic rings. The molecule has 1 aromatic carbocycles. The fourth-order valence-electron chi connectivity index (χ4n) is 1.44. The summed E-state index contributed by atoms with van der Waals surface area (Å²) in [6.07, 6.45) is 2.35. The number of hydrogen-bond acceptors (Lipinski definition) is 2. The molecule has 0 radical (unpaired) electrons. The largest absolute Gasteiger partial charge is 0.288 e. The van der Waals surface area contributed by atoms with E-state index in [0.717, 1.165) is 15.4 Å². The number of fused-ring (bicyclic) bond motifs is 1. The van der Waals surface area contributed by atoms with E-state index in [1.807, 2.05) is 30.9 Å². The fourth-order valence-corrected chi connectivity index (χ4v) is 1.82. The molecule has 0 aliphatic carbocycles. The second kappa shape index (κ2) is 3.94. The summed E-state index contributed by atoms with van der Waals surface area (Å²) < 4.78 is 3.07. The van der Waals surface area contributed by atoms with Crippen LogP contribution >= 0.6 is 15.9 Å². The Morgan fingerprint density at radius 3 is 2.80 bits per heavy atom. The summed E-state index contributed by atoms with van der Waals surface area (Å²) in [6, 6.07) is 6.12. The monoisotopic (exact) mass is 267 g/mol. The van der Waals surface area contributed by atoms with Crippen molar-refractivity contribution in [1.29, 1.82) is 0 Å². The van der Waals surface area contributed by atoms with Crippen LogP contribution in [0.2, 0.25) is 0 Å². The minimum atomic E-state index is 0.274. The van der Waals surface area contributed by atoms with Crippen molar-refractivity contribution in [2.24, 2.45) is 0 Å². The zero-order chi connectivity index (χ0) is 11.0. The van der Waals surface area contributed by atoms with Gasteiger partial charge >= 0.3 is 0 Å². The van der Waals surface area contributed by atoms with E-state index in [-0.39, 0.29) is 6.17 Å².